The molecule has 126 valence electrons. The molecule has 1 heterocycles. The highest BCUT2D eigenvalue weighted by Gasteiger charge is 2.20. The van der Waals surface area contributed by atoms with Crippen LogP contribution in [0.3, 0.4) is 0 Å². The summed E-state index contributed by atoms with van der Waals surface area (Å²) in [4.78, 5) is 38.0. The largest absolute Gasteiger partial charge is 0.354 e. The van der Waals surface area contributed by atoms with Gasteiger partial charge >= 0.3 is 0 Å². The van der Waals surface area contributed by atoms with E-state index in [4.69, 9.17) is 0 Å². The molecule has 0 aliphatic heterocycles. The van der Waals surface area contributed by atoms with Crippen LogP contribution >= 0.6 is 0 Å². The Morgan fingerprint density at radius 2 is 1.75 bits per heavy atom. The summed E-state index contributed by atoms with van der Waals surface area (Å²) in [6.45, 7) is 6.09. The van der Waals surface area contributed by atoms with Gasteiger partial charge in [0.05, 0.1) is 5.69 Å². The van der Waals surface area contributed by atoms with Crippen molar-refractivity contribution in [3.8, 4) is 0 Å². The van der Waals surface area contributed by atoms with E-state index in [0.717, 1.165) is 6.07 Å². The minimum Gasteiger partial charge on any atom is -0.354 e. The number of aromatic amines is 1. The number of aryl methyl sites for hydroxylation is 1. The lowest BCUT2D eigenvalue weighted by Crippen LogP contribution is -2.15. The maximum absolute atomic E-state index is 13.9. The fourth-order valence-electron chi connectivity index (χ4n) is 2.59. The van der Waals surface area contributed by atoms with Crippen LogP contribution in [0.15, 0.2) is 18.2 Å². The molecule has 0 unspecified atom stereocenters. The van der Waals surface area contributed by atoms with Gasteiger partial charge in [0.2, 0.25) is 5.91 Å². The van der Waals surface area contributed by atoms with Crippen LogP contribution in [0, 0.1) is 19.7 Å². The van der Waals surface area contributed by atoms with E-state index in [-0.39, 0.29) is 23.1 Å². The van der Waals surface area contributed by atoms with Gasteiger partial charge in [0.1, 0.15) is 11.5 Å². The molecule has 2 rings (SSSR count). The Kier molecular flexibility index (Phi) is 4.82. The Balaban J connectivity index is 2.32. The summed E-state index contributed by atoms with van der Waals surface area (Å²) in [6.07, 6.45) is 0. The van der Waals surface area contributed by atoms with Crippen LogP contribution in [0.4, 0.5) is 15.8 Å². The normalized spacial score (nSPS) is 10.4. The third-order valence-corrected chi connectivity index (χ3v) is 3.55. The molecule has 0 radical (unpaired) electrons. The summed E-state index contributed by atoms with van der Waals surface area (Å²) in [5.41, 5.74) is 2.04. The number of Topliss-reactive ketones (excluding diaryl/α,β-unsaturated/α-hetero) is 1. The Bertz CT molecular complexity index is 840. The molecule has 6 nitrogen and oxygen atoms in total. The summed E-state index contributed by atoms with van der Waals surface area (Å²) in [5.74, 6) is -1.66. The van der Waals surface area contributed by atoms with Crippen LogP contribution in [0.1, 0.15) is 46.0 Å². The van der Waals surface area contributed by atoms with Gasteiger partial charge in [-0.25, -0.2) is 4.39 Å². The van der Waals surface area contributed by atoms with E-state index >= 15 is 0 Å². The van der Waals surface area contributed by atoms with Gasteiger partial charge < -0.3 is 15.6 Å². The van der Waals surface area contributed by atoms with Crippen LogP contribution < -0.4 is 10.6 Å². The van der Waals surface area contributed by atoms with E-state index in [1.165, 1.54) is 26.0 Å². The van der Waals surface area contributed by atoms with Crippen molar-refractivity contribution in [3.63, 3.8) is 0 Å². The van der Waals surface area contributed by atoms with E-state index in [1.54, 1.807) is 13.8 Å². The van der Waals surface area contributed by atoms with E-state index < -0.39 is 11.7 Å². The number of H-pyrrole nitrogens is 1. The highest BCUT2D eigenvalue weighted by Crippen LogP contribution is 2.23. The first kappa shape index (κ1) is 17.4. The zero-order valence-corrected chi connectivity index (χ0v) is 13.8. The highest BCUT2D eigenvalue weighted by molar-refractivity contribution is 6.08. The predicted molar refractivity (Wildman–Crippen MR) is 88.9 cm³/mol. The monoisotopic (exact) mass is 331 g/mol. The summed E-state index contributed by atoms with van der Waals surface area (Å²) in [5, 5.41) is 4.97. The Labute approximate surface area is 138 Å². The molecular formula is C17H18FN3O3. The molecule has 0 atom stereocenters. The van der Waals surface area contributed by atoms with Gasteiger partial charge in [-0.1, -0.05) is 0 Å². The van der Waals surface area contributed by atoms with Crippen molar-refractivity contribution in [1.29, 1.82) is 0 Å². The number of rotatable bonds is 4. The number of halogens is 1. The first-order chi connectivity index (χ1) is 11.2. The van der Waals surface area contributed by atoms with Crippen molar-refractivity contribution >= 4 is 29.0 Å². The first-order valence-corrected chi connectivity index (χ1v) is 7.29. The molecule has 0 aliphatic carbocycles. The number of aromatic nitrogens is 1. The van der Waals surface area contributed by atoms with E-state index in [0.29, 0.717) is 22.5 Å². The van der Waals surface area contributed by atoms with Crippen LogP contribution in [-0.2, 0) is 4.79 Å². The second-order valence-corrected chi connectivity index (χ2v) is 5.51. The average molecular weight is 331 g/mol. The number of carbonyl (C=O) groups is 3. The quantitative estimate of drug-likeness (QED) is 0.751. The van der Waals surface area contributed by atoms with E-state index in [9.17, 15) is 18.8 Å². The second kappa shape index (κ2) is 6.66. The molecule has 1 aromatic carbocycles. The topological polar surface area (TPSA) is 91.1 Å². The smallest absolute Gasteiger partial charge is 0.272 e. The van der Waals surface area contributed by atoms with Crippen molar-refractivity contribution < 1.29 is 18.8 Å². The highest BCUT2D eigenvalue weighted by atomic mass is 19.1. The molecule has 0 aliphatic rings. The van der Waals surface area contributed by atoms with E-state index in [2.05, 4.69) is 15.6 Å². The van der Waals surface area contributed by atoms with Gasteiger partial charge in [0.15, 0.2) is 5.78 Å². The molecule has 0 spiro atoms. The summed E-state index contributed by atoms with van der Waals surface area (Å²) >= 11 is 0. The van der Waals surface area contributed by atoms with Crippen LogP contribution in [-0.4, -0.2) is 22.6 Å². The summed E-state index contributed by atoms with van der Waals surface area (Å²) in [6, 6.07) is 3.87. The molecule has 7 heteroatoms. The van der Waals surface area contributed by atoms with Crippen LogP contribution in [0.25, 0.3) is 0 Å². The SMILES string of the molecule is CC(=O)Nc1ccc(F)c(NC(=O)c2[nH]c(C)c(C(C)=O)c2C)c1. The van der Waals surface area contributed by atoms with Gasteiger partial charge in [-0.2, -0.15) is 0 Å². The first-order valence-electron chi connectivity index (χ1n) is 7.29. The van der Waals surface area contributed by atoms with E-state index in [1.807, 2.05) is 0 Å². The molecule has 2 aromatic rings. The number of hydrogen-bond acceptors (Lipinski definition) is 3. The number of anilines is 2. The van der Waals surface area contributed by atoms with Gasteiger partial charge in [-0.15, -0.1) is 0 Å². The maximum Gasteiger partial charge on any atom is 0.272 e. The lowest BCUT2D eigenvalue weighted by Gasteiger charge is -2.09. The van der Waals surface area contributed by atoms with Crippen molar-refractivity contribution in [3.05, 3.63) is 46.5 Å². The van der Waals surface area contributed by atoms with Gasteiger partial charge in [-0.05, 0) is 44.5 Å². The number of hydrogen-bond donors (Lipinski definition) is 3. The minimum atomic E-state index is -0.634. The van der Waals surface area contributed by atoms with Gasteiger partial charge in [0, 0.05) is 23.9 Å². The molecule has 0 bridgehead atoms. The third kappa shape index (κ3) is 3.51. The number of carbonyl (C=O) groups excluding carboxylic acids is 3. The molecular weight excluding hydrogens is 313 g/mol. The van der Waals surface area contributed by atoms with Crippen molar-refractivity contribution in [2.24, 2.45) is 0 Å². The lowest BCUT2D eigenvalue weighted by atomic mass is 10.1. The molecule has 0 saturated carbocycles. The van der Waals surface area contributed by atoms with Gasteiger partial charge in [0.25, 0.3) is 5.91 Å². The van der Waals surface area contributed by atoms with Crippen molar-refractivity contribution in [2.75, 3.05) is 10.6 Å². The molecule has 3 N–H and O–H groups in total. The van der Waals surface area contributed by atoms with Crippen LogP contribution in [0.2, 0.25) is 0 Å². The Morgan fingerprint density at radius 1 is 1.08 bits per heavy atom. The molecule has 1 aromatic heterocycles. The zero-order valence-electron chi connectivity index (χ0n) is 13.8. The van der Waals surface area contributed by atoms with Gasteiger partial charge in [-0.3, -0.25) is 14.4 Å². The Morgan fingerprint density at radius 3 is 2.29 bits per heavy atom. The molecule has 2 amide bonds. The fourth-order valence-corrected chi connectivity index (χ4v) is 2.59. The second-order valence-electron chi connectivity index (χ2n) is 5.51. The fraction of sp³-hybridized carbons (Fsp3) is 0.235. The number of amides is 2. The maximum atomic E-state index is 13.9. The van der Waals surface area contributed by atoms with Crippen molar-refractivity contribution in [1.82, 2.24) is 4.98 Å². The summed E-state index contributed by atoms with van der Waals surface area (Å²) < 4.78 is 13.9. The molecule has 0 fully saturated rings. The molecule has 24 heavy (non-hydrogen) atoms. The average Bonchev–Trinajstić information content (AvgIpc) is 2.77. The Hall–Kier alpha value is -2.96. The van der Waals surface area contributed by atoms with Crippen molar-refractivity contribution in [2.45, 2.75) is 27.7 Å². The zero-order chi connectivity index (χ0) is 18.0. The van der Waals surface area contributed by atoms with Crippen LogP contribution in [0.5, 0.6) is 0 Å². The lowest BCUT2D eigenvalue weighted by molar-refractivity contribution is -0.114. The number of ketones is 1. The number of benzene rings is 1. The third-order valence-electron chi connectivity index (χ3n) is 3.55. The standard InChI is InChI=1S/C17H18FN3O3/c1-8-15(10(3)22)9(2)19-16(8)17(24)21-14-7-12(20-11(4)23)5-6-13(14)18/h5-7,19H,1-4H3,(H,20,23)(H,21,24). The summed E-state index contributed by atoms with van der Waals surface area (Å²) in [7, 11) is 0. The number of nitrogens with one attached hydrogen (secondary N) is 3. The molecule has 0 saturated heterocycles. The minimum absolute atomic E-state index is 0.0673. The predicted octanol–water partition coefficient (Wildman–Crippen LogP) is 3.18.